The van der Waals surface area contributed by atoms with E-state index in [-0.39, 0.29) is 5.91 Å². The van der Waals surface area contributed by atoms with Crippen LogP contribution < -0.4 is 0 Å². The Labute approximate surface area is 124 Å². The fourth-order valence-corrected chi connectivity index (χ4v) is 3.30. The summed E-state index contributed by atoms with van der Waals surface area (Å²) in [5, 5.41) is 3.21. The van der Waals surface area contributed by atoms with Gasteiger partial charge in [-0.1, -0.05) is 0 Å². The highest BCUT2D eigenvalue weighted by molar-refractivity contribution is 8.18. The van der Waals surface area contributed by atoms with Gasteiger partial charge in [0.15, 0.2) is 5.17 Å². The van der Waals surface area contributed by atoms with Crippen molar-refractivity contribution in [1.29, 1.82) is 0 Å². The summed E-state index contributed by atoms with van der Waals surface area (Å²) in [6.45, 7) is 1.92. The molecule has 2 aromatic heterocycles. The molecule has 1 aliphatic heterocycles. The van der Waals surface area contributed by atoms with Crippen molar-refractivity contribution in [3.05, 3.63) is 40.1 Å². The molecule has 0 atom stereocenters. The number of hydrogen-bond acceptors (Lipinski definition) is 6. The first-order valence-electron chi connectivity index (χ1n) is 5.85. The second kappa shape index (κ2) is 5.26. The van der Waals surface area contributed by atoms with Crippen LogP contribution in [0.25, 0.3) is 6.08 Å². The van der Waals surface area contributed by atoms with Gasteiger partial charge in [-0.15, -0.1) is 11.3 Å². The Morgan fingerprint density at radius 1 is 1.50 bits per heavy atom. The molecule has 0 saturated carbocycles. The largest absolute Gasteiger partial charge is 0.465 e. The number of hydrogen-bond donors (Lipinski definition) is 0. The normalized spacial score (nSPS) is 19.5. The maximum absolute atomic E-state index is 12.1. The zero-order chi connectivity index (χ0) is 14.1. The smallest absolute Gasteiger partial charge is 0.266 e. The van der Waals surface area contributed by atoms with E-state index >= 15 is 0 Å². The van der Waals surface area contributed by atoms with Crippen molar-refractivity contribution in [2.45, 2.75) is 6.92 Å². The minimum atomic E-state index is -0.0848. The molecule has 0 bridgehead atoms. The van der Waals surface area contributed by atoms with Crippen LogP contribution in [0.4, 0.5) is 5.13 Å². The third-order valence-electron chi connectivity index (χ3n) is 2.62. The van der Waals surface area contributed by atoms with Gasteiger partial charge < -0.3 is 4.42 Å². The van der Waals surface area contributed by atoms with Gasteiger partial charge in [-0.3, -0.25) is 9.69 Å². The van der Waals surface area contributed by atoms with E-state index in [1.807, 2.05) is 12.3 Å². The monoisotopic (exact) mass is 305 g/mol. The third kappa shape index (κ3) is 2.54. The molecule has 1 aliphatic rings. The van der Waals surface area contributed by atoms with Crippen molar-refractivity contribution in [2.75, 3.05) is 7.05 Å². The predicted octanol–water partition coefficient (Wildman–Crippen LogP) is 3.28. The molecule has 2 aromatic rings. The number of carbonyl (C=O) groups is 1. The number of rotatable bonds is 2. The number of aliphatic imine (C=N–C) groups is 1. The van der Waals surface area contributed by atoms with Crippen LogP contribution in [0.2, 0.25) is 0 Å². The molecule has 0 N–H and O–H groups in total. The van der Waals surface area contributed by atoms with Crippen LogP contribution in [0, 0.1) is 6.92 Å². The Hall–Kier alpha value is -1.86. The summed E-state index contributed by atoms with van der Waals surface area (Å²) in [4.78, 5) is 22.9. The number of likely N-dealkylation sites (N-methyl/N-ethyl adjacent to an activating group) is 1. The first-order valence-corrected chi connectivity index (χ1v) is 7.55. The summed E-state index contributed by atoms with van der Waals surface area (Å²) in [6, 6.07) is 3.59. The van der Waals surface area contributed by atoms with E-state index in [1.54, 1.807) is 31.5 Å². The van der Waals surface area contributed by atoms with E-state index < -0.39 is 0 Å². The average Bonchev–Trinajstić information content (AvgIpc) is 3.11. The zero-order valence-corrected chi connectivity index (χ0v) is 12.5. The van der Waals surface area contributed by atoms with Gasteiger partial charge in [0.05, 0.1) is 16.9 Å². The van der Waals surface area contributed by atoms with E-state index in [4.69, 9.17) is 4.42 Å². The van der Waals surface area contributed by atoms with Crippen LogP contribution in [0.5, 0.6) is 0 Å². The van der Waals surface area contributed by atoms with Crippen molar-refractivity contribution in [3.8, 4) is 0 Å². The molecule has 0 aromatic carbocycles. The Bertz CT molecular complexity index is 701. The number of carbonyl (C=O) groups excluding carboxylic acids is 1. The molecule has 0 unspecified atom stereocenters. The molecule has 7 heteroatoms. The number of thiazole rings is 1. The van der Waals surface area contributed by atoms with Crippen molar-refractivity contribution in [3.63, 3.8) is 0 Å². The number of aryl methyl sites for hydroxylation is 1. The maximum Gasteiger partial charge on any atom is 0.266 e. The first kappa shape index (κ1) is 13.1. The Morgan fingerprint density at radius 3 is 3.00 bits per heavy atom. The summed E-state index contributed by atoms with van der Waals surface area (Å²) in [5.41, 5.74) is 0.928. The topological polar surface area (TPSA) is 58.7 Å². The van der Waals surface area contributed by atoms with Gasteiger partial charge in [-0.05, 0) is 30.8 Å². The molecule has 1 amide bonds. The van der Waals surface area contributed by atoms with Gasteiger partial charge in [0.25, 0.3) is 5.91 Å². The van der Waals surface area contributed by atoms with Crippen molar-refractivity contribution in [2.24, 2.45) is 4.99 Å². The molecule has 3 heterocycles. The van der Waals surface area contributed by atoms with E-state index in [9.17, 15) is 4.79 Å². The van der Waals surface area contributed by atoms with E-state index in [1.165, 1.54) is 28.0 Å². The zero-order valence-electron chi connectivity index (χ0n) is 10.9. The van der Waals surface area contributed by atoms with Gasteiger partial charge in [0.2, 0.25) is 5.13 Å². The van der Waals surface area contributed by atoms with Crippen LogP contribution in [0.3, 0.4) is 0 Å². The molecular weight excluding hydrogens is 294 g/mol. The summed E-state index contributed by atoms with van der Waals surface area (Å²) in [5.74, 6) is 0.569. The molecule has 0 aliphatic carbocycles. The molecule has 0 spiro atoms. The average molecular weight is 305 g/mol. The molecule has 20 heavy (non-hydrogen) atoms. The Balaban J connectivity index is 1.89. The van der Waals surface area contributed by atoms with Crippen LogP contribution in [-0.4, -0.2) is 28.0 Å². The van der Waals surface area contributed by atoms with Gasteiger partial charge in [0, 0.05) is 18.5 Å². The molecule has 5 nitrogen and oxygen atoms in total. The fraction of sp³-hybridized carbons (Fsp3) is 0.154. The summed E-state index contributed by atoms with van der Waals surface area (Å²) >= 11 is 2.78. The number of aromatic nitrogens is 1. The summed E-state index contributed by atoms with van der Waals surface area (Å²) < 4.78 is 5.23. The number of amides is 1. The Kier molecular flexibility index (Phi) is 3.45. The van der Waals surface area contributed by atoms with E-state index in [0.717, 1.165) is 5.69 Å². The molecule has 102 valence electrons. The maximum atomic E-state index is 12.1. The van der Waals surface area contributed by atoms with Crippen molar-refractivity contribution < 1.29 is 9.21 Å². The lowest BCUT2D eigenvalue weighted by atomic mass is 10.4. The minimum Gasteiger partial charge on any atom is -0.465 e. The van der Waals surface area contributed by atoms with Gasteiger partial charge in [0.1, 0.15) is 5.76 Å². The quantitative estimate of drug-likeness (QED) is 0.799. The summed E-state index contributed by atoms with van der Waals surface area (Å²) in [6.07, 6.45) is 3.30. The van der Waals surface area contributed by atoms with Crippen LogP contribution >= 0.6 is 23.1 Å². The number of nitrogens with zero attached hydrogens (tertiary/aromatic N) is 3. The molecule has 1 saturated heterocycles. The van der Waals surface area contributed by atoms with Gasteiger partial charge in [-0.2, -0.15) is 4.99 Å². The van der Waals surface area contributed by atoms with Crippen LogP contribution in [-0.2, 0) is 4.79 Å². The number of thioether (sulfide) groups is 1. The molecular formula is C13H11N3O2S2. The lowest BCUT2D eigenvalue weighted by Crippen LogP contribution is -2.23. The Morgan fingerprint density at radius 2 is 2.35 bits per heavy atom. The molecule has 0 radical (unpaired) electrons. The highest BCUT2D eigenvalue weighted by Crippen LogP contribution is 2.33. The third-order valence-corrected chi connectivity index (χ3v) is 4.53. The van der Waals surface area contributed by atoms with Gasteiger partial charge >= 0.3 is 0 Å². The molecule has 1 fully saturated rings. The SMILES string of the molecule is Cc1csc(/N=C2/S/C(=C/c3ccco3)C(=O)N2C)n1. The van der Waals surface area contributed by atoms with Crippen molar-refractivity contribution in [1.82, 2.24) is 9.88 Å². The van der Waals surface area contributed by atoms with E-state index in [2.05, 4.69) is 9.98 Å². The lowest BCUT2D eigenvalue weighted by molar-refractivity contribution is -0.121. The minimum absolute atomic E-state index is 0.0848. The second-order valence-electron chi connectivity index (χ2n) is 4.16. The number of furan rings is 1. The predicted molar refractivity (Wildman–Crippen MR) is 81.0 cm³/mol. The van der Waals surface area contributed by atoms with Crippen molar-refractivity contribution >= 4 is 45.4 Å². The van der Waals surface area contributed by atoms with Crippen LogP contribution in [0.1, 0.15) is 11.5 Å². The highest BCUT2D eigenvalue weighted by Gasteiger charge is 2.30. The lowest BCUT2D eigenvalue weighted by Gasteiger charge is -2.05. The second-order valence-corrected chi connectivity index (χ2v) is 6.00. The first-order chi connectivity index (χ1) is 9.63. The van der Waals surface area contributed by atoms with Crippen LogP contribution in [0.15, 0.2) is 38.1 Å². The fourth-order valence-electron chi connectivity index (χ4n) is 1.63. The van der Waals surface area contributed by atoms with E-state index in [0.29, 0.717) is 21.0 Å². The standard InChI is InChI=1S/C13H11N3O2S2/c1-8-7-19-12(14-8)15-13-16(2)11(17)10(20-13)6-9-4-3-5-18-9/h3-7H,1-2H3/b10-6+,15-13+. The summed E-state index contributed by atoms with van der Waals surface area (Å²) in [7, 11) is 1.71. The molecule has 3 rings (SSSR count). The highest BCUT2D eigenvalue weighted by atomic mass is 32.2. The van der Waals surface area contributed by atoms with Gasteiger partial charge in [-0.25, -0.2) is 4.98 Å². The number of amidine groups is 1.